The Labute approximate surface area is 161 Å². The van der Waals surface area contributed by atoms with Crippen LogP contribution in [-0.2, 0) is 10.0 Å². The molecule has 0 fully saturated rings. The molecule has 28 heavy (non-hydrogen) atoms. The van der Waals surface area contributed by atoms with Crippen molar-refractivity contribution in [2.24, 2.45) is 0 Å². The third-order valence-electron chi connectivity index (χ3n) is 4.44. The van der Waals surface area contributed by atoms with Gasteiger partial charge in [-0.15, -0.1) is 4.83 Å². The Hall–Kier alpha value is -3.42. The largest absolute Gasteiger partial charge is 0.507 e. The minimum atomic E-state index is -3.97. The van der Waals surface area contributed by atoms with Crippen LogP contribution in [0.2, 0.25) is 0 Å². The highest BCUT2D eigenvalue weighted by atomic mass is 32.2. The van der Waals surface area contributed by atoms with Gasteiger partial charge < -0.3 is 5.11 Å². The second-order valence-corrected chi connectivity index (χ2v) is 7.97. The predicted octanol–water partition coefficient (Wildman–Crippen LogP) is 3.32. The average molecular weight is 392 g/mol. The first-order valence-corrected chi connectivity index (χ1v) is 9.95. The van der Waals surface area contributed by atoms with Crippen molar-refractivity contribution in [3.63, 3.8) is 0 Å². The molecule has 0 bridgehead atoms. The number of carbonyl (C=O) groups is 1. The summed E-state index contributed by atoms with van der Waals surface area (Å²) in [4.78, 5) is 14.5. The zero-order valence-electron chi connectivity index (χ0n) is 14.6. The number of fused-ring (bicyclic) bond motifs is 2. The van der Waals surface area contributed by atoms with Gasteiger partial charge in [0.1, 0.15) is 5.75 Å². The number of phenolic OH excluding ortho intramolecular Hbond substituents is 1. The molecule has 3 N–H and O–H groups in total. The highest BCUT2D eigenvalue weighted by molar-refractivity contribution is 7.89. The minimum Gasteiger partial charge on any atom is -0.507 e. The summed E-state index contributed by atoms with van der Waals surface area (Å²) in [6, 6.07) is 22.2. The summed E-state index contributed by atoms with van der Waals surface area (Å²) in [5.41, 5.74) is 2.13. The van der Waals surface area contributed by atoms with Crippen LogP contribution < -0.4 is 10.3 Å². The standard InChI is InChI=1S/C21H16N2O4S/c24-20-13-17-8-4-3-7-16(17)12-19(20)21(25)22-23-28(26,27)18-10-9-14-5-1-2-6-15(14)11-18/h1-13,23-24H,(H,22,25). The van der Waals surface area contributed by atoms with E-state index in [-0.39, 0.29) is 16.2 Å². The number of hydrogen-bond acceptors (Lipinski definition) is 4. The molecule has 0 saturated heterocycles. The Morgan fingerprint density at radius 2 is 1.32 bits per heavy atom. The molecule has 6 nitrogen and oxygen atoms in total. The lowest BCUT2D eigenvalue weighted by molar-refractivity contribution is 0.0942. The number of sulfonamides is 1. The Bertz CT molecular complexity index is 1320. The van der Waals surface area contributed by atoms with Crippen LogP contribution in [0.3, 0.4) is 0 Å². The van der Waals surface area contributed by atoms with Gasteiger partial charge in [-0.25, -0.2) is 8.42 Å². The summed E-state index contributed by atoms with van der Waals surface area (Å²) in [5.74, 6) is -0.992. The molecule has 140 valence electrons. The van der Waals surface area contributed by atoms with E-state index in [1.807, 2.05) is 30.3 Å². The smallest absolute Gasteiger partial charge is 0.270 e. The van der Waals surface area contributed by atoms with Gasteiger partial charge in [0.15, 0.2) is 0 Å². The molecule has 0 aliphatic rings. The number of nitrogens with one attached hydrogen (secondary N) is 2. The van der Waals surface area contributed by atoms with Crippen LogP contribution >= 0.6 is 0 Å². The first-order chi connectivity index (χ1) is 13.4. The fourth-order valence-electron chi connectivity index (χ4n) is 2.98. The average Bonchev–Trinajstić information content (AvgIpc) is 2.71. The van der Waals surface area contributed by atoms with E-state index < -0.39 is 15.9 Å². The second kappa shape index (κ2) is 6.95. The quantitative estimate of drug-likeness (QED) is 0.464. The molecule has 4 aromatic rings. The molecule has 4 aromatic carbocycles. The van der Waals surface area contributed by atoms with Crippen LogP contribution in [0.4, 0.5) is 0 Å². The van der Waals surface area contributed by atoms with Gasteiger partial charge in [0.2, 0.25) is 0 Å². The van der Waals surface area contributed by atoms with Gasteiger partial charge in [-0.1, -0.05) is 54.6 Å². The van der Waals surface area contributed by atoms with Crippen LogP contribution in [0, 0.1) is 0 Å². The van der Waals surface area contributed by atoms with Crippen molar-refractivity contribution in [2.75, 3.05) is 0 Å². The molecule has 0 saturated carbocycles. The Morgan fingerprint density at radius 1 is 0.750 bits per heavy atom. The molecular formula is C21H16N2O4S. The zero-order valence-corrected chi connectivity index (χ0v) is 15.4. The van der Waals surface area contributed by atoms with E-state index in [9.17, 15) is 18.3 Å². The van der Waals surface area contributed by atoms with Crippen molar-refractivity contribution in [1.29, 1.82) is 0 Å². The lowest BCUT2D eigenvalue weighted by atomic mass is 10.1. The third-order valence-corrected chi connectivity index (χ3v) is 5.68. The fourth-order valence-corrected chi connectivity index (χ4v) is 3.86. The Balaban J connectivity index is 1.57. The lowest BCUT2D eigenvalue weighted by Crippen LogP contribution is -2.41. The second-order valence-electron chi connectivity index (χ2n) is 6.29. The molecule has 1 amide bonds. The van der Waals surface area contributed by atoms with Crippen LogP contribution in [0.1, 0.15) is 10.4 Å². The highest BCUT2D eigenvalue weighted by Gasteiger charge is 2.18. The fraction of sp³-hybridized carbons (Fsp3) is 0. The van der Waals surface area contributed by atoms with Gasteiger partial charge in [-0.3, -0.25) is 10.2 Å². The number of aromatic hydroxyl groups is 1. The van der Waals surface area contributed by atoms with E-state index in [2.05, 4.69) is 10.3 Å². The molecule has 0 unspecified atom stereocenters. The number of rotatable bonds is 4. The van der Waals surface area contributed by atoms with Crippen molar-refractivity contribution in [2.45, 2.75) is 4.90 Å². The van der Waals surface area contributed by atoms with E-state index in [0.29, 0.717) is 0 Å². The molecule has 0 aliphatic heterocycles. The number of carbonyl (C=O) groups excluding carboxylic acids is 1. The van der Waals surface area contributed by atoms with Gasteiger partial charge in [-0.05, 0) is 45.8 Å². The maximum atomic E-state index is 12.5. The monoisotopic (exact) mass is 392 g/mol. The molecular weight excluding hydrogens is 376 g/mol. The van der Waals surface area contributed by atoms with Crippen molar-refractivity contribution >= 4 is 37.5 Å². The van der Waals surface area contributed by atoms with Crippen LogP contribution in [0.25, 0.3) is 21.5 Å². The maximum absolute atomic E-state index is 12.5. The Kier molecular flexibility index (Phi) is 4.46. The van der Waals surface area contributed by atoms with Crippen LogP contribution in [0.15, 0.2) is 83.8 Å². The summed E-state index contributed by atoms with van der Waals surface area (Å²) in [7, 11) is -3.97. The van der Waals surface area contributed by atoms with Gasteiger partial charge >= 0.3 is 0 Å². The molecule has 0 spiro atoms. The van der Waals surface area contributed by atoms with Crippen molar-refractivity contribution in [3.8, 4) is 5.75 Å². The molecule has 0 radical (unpaired) electrons. The number of amides is 1. The van der Waals surface area contributed by atoms with Crippen LogP contribution in [-0.4, -0.2) is 19.4 Å². The topological polar surface area (TPSA) is 95.5 Å². The van der Waals surface area contributed by atoms with Gasteiger partial charge in [0, 0.05) is 0 Å². The lowest BCUT2D eigenvalue weighted by Gasteiger charge is -2.11. The number of hydrogen-bond donors (Lipinski definition) is 3. The van der Waals surface area contributed by atoms with E-state index >= 15 is 0 Å². The van der Waals surface area contributed by atoms with E-state index in [4.69, 9.17) is 0 Å². The van der Waals surface area contributed by atoms with Crippen LogP contribution in [0.5, 0.6) is 5.75 Å². The maximum Gasteiger partial charge on any atom is 0.270 e. The zero-order chi connectivity index (χ0) is 19.7. The third kappa shape index (κ3) is 3.40. The van der Waals surface area contributed by atoms with E-state index in [1.165, 1.54) is 24.3 Å². The van der Waals surface area contributed by atoms with Gasteiger partial charge in [0.25, 0.3) is 15.9 Å². The minimum absolute atomic E-state index is 0.0224. The normalized spacial score (nSPS) is 11.6. The summed E-state index contributed by atoms with van der Waals surface area (Å²) in [6.07, 6.45) is 0. The van der Waals surface area contributed by atoms with Crippen molar-refractivity contribution < 1.29 is 18.3 Å². The first-order valence-electron chi connectivity index (χ1n) is 8.47. The molecule has 0 atom stereocenters. The first kappa shape index (κ1) is 18.0. The molecule has 0 heterocycles. The number of phenols is 1. The highest BCUT2D eigenvalue weighted by Crippen LogP contribution is 2.25. The molecule has 0 aromatic heterocycles. The summed E-state index contributed by atoms with van der Waals surface area (Å²) >= 11 is 0. The summed E-state index contributed by atoms with van der Waals surface area (Å²) < 4.78 is 25.0. The SMILES string of the molecule is O=C(NNS(=O)(=O)c1ccc2ccccc2c1)c1cc2ccccc2cc1O. The number of benzene rings is 4. The van der Waals surface area contributed by atoms with Gasteiger partial charge in [-0.2, -0.15) is 0 Å². The molecule has 4 rings (SSSR count). The molecule has 0 aliphatic carbocycles. The van der Waals surface area contributed by atoms with E-state index in [0.717, 1.165) is 21.5 Å². The molecule has 7 heteroatoms. The number of hydrazine groups is 1. The van der Waals surface area contributed by atoms with Gasteiger partial charge in [0.05, 0.1) is 10.5 Å². The summed E-state index contributed by atoms with van der Waals surface area (Å²) in [6.45, 7) is 0. The Morgan fingerprint density at radius 3 is 2.00 bits per heavy atom. The predicted molar refractivity (Wildman–Crippen MR) is 107 cm³/mol. The van der Waals surface area contributed by atoms with E-state index in [1.54, 1.807) is 24.3 Å². The van der Waals surface area contributed by atoms with Crippen molar-refractivity contribution in [1.82, 2.24) is 10.3 Å². The summed E-state index contributed by atoms with van der Waals surface area (Å²) in [5, 5.41) is 13.3. The van der Waals surface area contributed by atoms with Crippen molar-refractivity contribution in [3.05, 3.63) is 84.4 Å².